The van der Waals surface area contributed by atoms with Crippen molar-refractivity contribution in [3.8, 4) is 0 Å². The minimum atomic E-state index is -4.01. The lowest BCUT2D eigenvalue weighted by Crippen LogP contribution is -2.31. The molecule has 0 spiro atoms. The number of aliphatic carboxylic acids is 1. The van der Waals surface area contributed by atoms with Crippen LogP contribution in [-0.4, -0.2) is 68.0 Å². The van der Waals surface area contributed by atoms with Gasteiger partial charge in [0, 0.05) is 26.2 Å². The number of hydrogen-bond donors (Lipinski definition) is 2. The largest absolute Gasteiger partial charge is 0.480 e. The summed E-state index contributed by atoms with van der Waals surface area (Å²) < 4.78 is 30.6. The van der Waals surface area contributed by atoms with Gasteiger partial charge in [-0.3, -0.25) is 14.9 Å². The van der Waals surface area contributed by atoms with Crippen LogP contribution in [-0.2, 0) is 24.3 Å². The first-order valence-corrected chi connectivity index (χ1v) is 9.36. The van der Waals surface area contributed by atoms with Crippen molar-refractivity contribution in [2.45, 2.75) is 17.7 Å². The second kappa shape index (κ2) is 10.5. The maximum atomic E-state index is 12.5. The number of carbonyl (C=O) groups excluding carboxylic acids is 1. The summed E-state index contributed by atoms with van der Waals surface area (Å²) in [5, 5.41) is 21.9. The van der Waals surface area contributed by atoms with E-state index in [1.54, 1.807) is 0 Å². The van der Waals surface area contributed by atoms with Crippen molar-refractivity contribution in [2.24, 2.45) is 0 Å². The molecule has 150 valence electrons. The number of benzene rings is 1. The van der Waals surface area contributed by atoms with E-state index < -0.39 is 39.1 Å². The third kappa shape index (κ3) is 7.29. The van der Waals surface area contributed by atoms with Crippen LogP contribution in [0.5, 0.6) is 0 Å². The monoisotopic (exact) mass is 403 g/mol. The zero-order valence-corrected chi connectivity index (χ0v) is 15.5. The molecule has 1 aromatic rings. The maximum absolute atomic E-state index is 12.5. The van der Waals surface area contributed by atoms with Crippen LogP contribution in [0.4, 0.5) is 5.69 Å². The Hall–Kier alpha value is -2.57. The Labute approximate surface area is 156 Å². The molecule has 0 aromatic heterocycles. The number of amides is 1. The SMILES string of the molecule is CN(CCCCNC(=O)COCC(=O)O)S(=O)(=O)c1ccccc1[N+](=O)[O-]. The van der Waals surface area contributed by atoms with Gasteiger partial charge in [-0.1, -0.05) is 12.1 Å². The third-order valence-electron chi connectivity index (χ3n) is 3.43. The van der Waals surface area contributed by atoms with Crippen molar-refractivity contribution in [2.75, 3.05) is 33.4 Å². The number of nitrogens with one attached hydrogen (secondary N) is 1. The average molecular weight is 403 g/mol. The van der Waals surface area contributed by atoms with E-state index in [2.05, 4.69) is 10.1 Å². The molecule has 12 heteroatoms. The molecule has 11 nitrogen and oxygen atoms in total. The van der Waals surface area contributed by atoms with Crippen LogP contribution in [0.3, 0.4) is 0 Å². The fraction of sp³-hybridized carbons (Fsp3) is 0.467. The van der Waals surface area contributed by atoms with Crippen molar-refractivity contribution in [3.63, 3.8) is 0 Å². The molecule has 0 aliphatic heterocycles. The molecule has 27 heavy (non-hydrogen) atoms. The number of para-hydroxylation sites is 1. The van der Waals surface area contributed by atoms with Gasteiger partial charge in [0.05, 0.1) is 4.92 Å². The topological polar surface area (TPSA) is 156 Å². The van der Waals surface area contributed by atoms with Crippen LogP contribution < -0.4 is 5.32 Å². The Morgan fingerprint density at radius 3 is 2.56 bits per heavy atom. The number of carboxylic acid groups (broad SMARTS) is 1. The number of carbonyl (C=O) groups is 2. The molecule has 1 amide bonds. The molecule has 1 rings (SSSR count). The van der Waals surface area contributed by atoms with Crippen LogP contribution in [0, 0.1) is 10.1 Å². The highest BCUT2D eigenvalue weighted by atomic mass is 32.2. The molecule has 0 radical (unpaired) electrons. The van der Waals surface area contributed by atoms with Gasteiger partial charge < -0.3 is 15.2 Å². The van der Waals surface area contributed by atoms with Gasteiger partial charge in [-0.05, 0) is 18.9 Å². The summed E-state index contributed by atoms with van der Waals surface area (Å²) in [6.45, 7) is -0.575. The highest BCUT2D eigenvalue weighted by Crippen LogP contribution is 2.25. The number of nitro benzene ring substituents is 1. The molecule has 2 N–H and O–H groups in total. The van der Waals surface area contributed by atoms with E-state index in [0.717, 1.165) is 10.4 Å². The summed E-state index contributed by atoms with van der Waals surface area (Å²) in [6.07, 6.45) is 0.869. The zero-order valence-electron chi connectivity index (χ0n) is 14.7. The molecule has 0 fully saturated rings. The quantitative estimate of drug-likeness (QED) is 0.285. The van der Waals surface area contributed by atoms with Crippen molar-refractivity contribution in [3.05, 3.63) is 34.4 Å². The van der Waals surface area contributed by atoms with Gasteiger partial charge in [-0.25, -0.2) is 17.5 Å². The fourth-order valence-electron chi connectivity index (χ4n) is 2.08. The van der Waals surface area contributed by atoms with Crippen molar-refractivity contribution in [1.29, 1.82) is 0 Å². The summed E-state index contributed by atoms with van der Waals surface area (Å²) >= 11 is 0. The molecule has 0 unspecified atom stereocenters. The first-order valence-electron chi connectivity index (χ1n) is 7.92. The van der Waals surface area contributed by atoms with Gasteiger partial charge >= 0.3 is 5.97 Å². The average Bonchev–Trinajstić information content (AvgIpc) is 2.60. The first kappa shape index (κ1) is 22.5. The summed E-state index contributed by atoms with van der Waals surface area (Å²) in [5.74, 6) is -1.65. The molecule has 0 saturated carbocycles. The summed E-state index contributed by atoms with van der Waals surface area (Å²) in [6, 6.07) is 5.11. The number of nitro groups is 1. The maximum Gasteiger partial charge on any atom is 0.329 e. The summed E-state index contributed by atoms with van der Waals surface area (Å²) in [7, 11) is -2.69. The Balaban J connectivity index is 2.44. The van der Waals surface area contributed by atoms with Crippen LogP contribution in [0.15, 0.2) is 29.2 Å². The molecular weight excluding hydrogens is 382 g/mol. The standard InChI is InChI=1S/C15H21N3O8S/c1-17(9-5-4-8-16-14(19)10-26-11-15(20)21)27(24,25)13-7-3-2-6-12(13)18(22)23/h2-3,6-7H,4-5,8-11H2,1H3,(H,16,19)(H,20,21). The van der Waals surface area contributed by atoms with E-state index in [4.69, 9.17) is 5.11 Å². The predicted molar refractivity (Wildman–Crippen MR) is 93.6 cm³/mol. The van der Waals surface area contributed by atoms with Gasteiger partial charge in [0.15, 0.2) is 4.90 Å². The van der Waals surface area contributed by atoms with Gasteiger partial charge in [0.25, 0.3) is 5.69 Å². The molecule has 0 saturated heterocycles. The van der Waals surface area contributed by atoms with Crippen LogP contribution in [0.25, 0.3) is 0 Å². The highest BCUT2D eigenvalue weighted by molar-refractivity contribution is 7.89. The molecule has 0 heterocycles. The first-order chi connectivity index (χ1) is 12.7. The van der Waals surface area contributed by atoms with E-state index in [9.17, 15) is 28.1 Å². The van der Waals surface area contributed by atoms with Crippen molar-refractivity contribution < 1.29 is 32.8 Å². The van der Waals surface area contributed by atoms with Gasteiger partial charge in [0.1, 0.15) is 13.2 Å². The molecular formula is C15H21N3O8S. The van der Waals surface area contributed by atoms with E-state index in [0.29, 0.717) is 12.8 Å². The van der Waals surface area contributed by atoms with Crippen LogP contribution >= 0.6 is 0 Å². The fourth-order valence-corrected chi connectivity index (χ4v) is 3.45. The van der Waals surface area contributed by atoms with Crippen LogP contribution in [0.2, 0.25) is 0 Å². The lowest BCUT2D eigenvalue weighted by atomic mass is 10.3. The normalized spacial score (nSPS) is 11.3. The third-order valence-corrected chi connectivity index (χ3v) is 5.34. The predicted octanol–water partition coefficient (Wildman–Crippen LogP) is 0.213. The minimum Gasteiger partial charge on any atom is -0.480 e. The minimum absolute atomic E-state index is 0.111. The van der Waals surface area contributed by atoms with Crippen LogP contribution in [0.1, 0.15) is 12.8 Å². The second-order valence-electron chi connectivity index (χ2n) is 5.50. The lowest BCUT2D eigenvalue weighted by molar-refractivity contribution is -0.387. The lowest BCUT2D eigenvalue weighted by Gasteiger charge is -2.17. The molecule has 0 aliphatic carbocycles. The van der Waals surface area contributed by atoms with E-state index in [1.165, 1.54) is 25.2 Å². The number of rotatable bonds is 12. The summed E-state index contributed by atoms with van der Waals surface area (Å²) in [5.41, 5.74) is -0.488. The Morgan fingerprint density at radius 2 is 1.93 bits per heavy atom. The number of carboxylic acids is 1. The number of nitrogens with zero attached hydrogens (tertiary/aromatic N) is 2. The smallest absolute Gasteiger partial charge is 0.329 e. The van der Waals surface area contributed by atoms with E-state index >= 15 is 0 Å². The Bertz CT molecular complexity index is 781. The van der Waals surface area contributed by atoms with Crippen molar-refractivity contribution in [1.82, 2.24) is 9.62 Å². The second-order valence-corrected chi connectivity index (χ2v) is 7.51. The summed E-state index contributed by atoms with van der Waals surface area (Å²) in [4.78, 5) is 31.5. The number of sulfonamides is 1. The van der Waals surface area contributed by atoms with Gasteiger partial charge in [-0.15, -0.1) is 0 Å². The number of ether oxygens (including phenoxy) is 1. The molecule has 0 atom stereocenters. The zero-order chi connectivity index (χ0) is 20.4. The van der Waals surface area contributed by atoms with Gasteiger partial charge in [-0.2, -0.15) is 0 Å². The van der Waals surface area contributed by atoms with E-state index in [1.807, 2.05) is 0 Å². The molecule has 1 aromatic carbocycles. The highest BCUT2D eigenvalue weighted by Gasteiger charge is 2.28. The number of hydrogen-bond acceptors (Lipinski definition) is 7. The van der Waals surface area contributed by atoms with Gasteiger partial charge in [0.2, 0.25) is 15.9 Å². The number of unbranched alkanes of at least 4 members (excludes halogenated alkanes) is 1. The Morgan fingerprint density at radius 1 is 1.26 bits per heavy atom. The Kier molecular flexibility index (Phi) is 8.78. The molecule has 0 aliphatic rings. The molecule has 0 bridgehead atoms. The van der Waals surface area contributed by atoms with Crippen molar-refractivity contribution >= 4 is 27.6 Å². The van der Waals surface area contributed by atoms with E-state index in [-0.39, 0.29) is 24.6 Å².